The number of hydrogen-bond acceptors (Lipinski definition) is 5. The molecule has 27 heavy (non-hydrogen) atoms. The number of aryl methyl sites for hydroxylation is 2. The number of rotatable bonds is 6. The zero-order valence-corrected chi connectivity index (χ0v) is 15.5. The summed E-state index contributed by atoms with van der Waals surface area (Å²) in [6.07, 6.45) is 1.11. The number of nitrogens with zero attached hydrogens (tertiary/aromatic N) is 3. The van der Waals surface area contributed by atoms with Crippen molar-refractivity contribution in [3.05, 3.63) is 63.2 Å². The Labute approximate surface area is 160 Å². The molecule has 0 atom stereocenters. The molecule has 2 aromatic heterocycles. The van der Waals surface area contributed by atoms with Gasteiger partial charge in [0.25, 0.3) is 5.91 Å². The van der Waals surface area contributed by atoms with Gasteiger partial charge in [-0.2, -0.15) is 10.4 Å². The third-order valence-corrected chi connectivity index (χ3v) is 5.02. The number of thiophene rings is 1. The predicted octanol–water partition coefficient (Wildman–Crippen LogP) is 3.20. The Hall–Kier alpha value is -3.18. The Morgan fingerprint density at radius 1 is 1.33 bits per heavy atom. The average molecular weight is 383 g/mol. The largest absolute Gasteiger partial charge is 0.382 e. The smallest absolute Gasteiger partial charge is 0.261 e. The Bertz CT molecular complexity index is 1000. The van der Waals surface area contributed by atoms with Crippen LogP contribution in [0.1, 0.15) is 32.2 Å². The molecule has 0 unspecified atom stereocenters. The fourth-order valence-electron chi connectivity index (χ4n) is 2.66. The molecule has 8 heteroatoms. The maximum Gasteiger partial charge on any atom is 0.261 e. The van der Waals surface area contributed by atoms with Crippen molar-refractivity contribution in [2.45, 2.75) is 19.8 Å². The summed E-state index contributed by atoms with van der Waals surface area (Å²) < 4.78 is 14.5. The van der Waals surface area contributed by atoms with Gasteiger partial charge in [0.05, 0.1) is 16.3 Å². The van der Waals surface area contributed by atoms with Crippen LogP contribution in [-0.4, -0.2) is 22.2 Å². The summed E-state index contributed by atoms with van der Waals surface area (Å²) in [7, 11) is 0. The minimum absolute atomic E-state index is 0.107. The number of halogens is 1. The number of aromatic nitrogens is 2. The second-order valence-corrected chi connectivity index (χ2v) is 7.26. The van der Waals surface area contributed by atoms with Crippen LogP contribution in [0.25, 0.3) is 5.69 Å². The molecule has 3 N–H and O–H groups in total. The molecular formula is C19H18FN5OS. The first kappa shape index (κ1) is 18.6. The molecule has 138 valence electrons. The minimum atomic E-state index is -0.359. The van der Waals surface area contributed by atoms with E-state index in [0.29, 0.717) is 41.2 Å². The van der Waals surface area contributed by atoms with Crippen LogP contribution in [0.3, 0.4) is 0 Å². The zero-order chi connectivity index (χ0) is 19.4. The average Bonchev–Trinajstić information content (AvgIpc) is 3.22. The lowest BCUT2D eigenvalue weighted by atomic mass is 10.1. The molecular weight excluding hydrogens is 365 g/mol. The number of carbonyl (C=O) groups is 1. The summed E-state index contributed by atoms with van der Waals surface area (Å²) in [6.45, 7) is 2.41. The molecule has 0 fully saturated rings. The molecule has 3 rings (SSSR count). The van der Waals surface area contributed by atoms with Gasteiger partial charge in [-0.1, -0.05) is 0 Å². The molecule has 0 aliphatic rings. The number of hydrogen-bond donors (Lipinski definition) is 2. The van der Waals surface area contributed by atoms with E-state index in [0.717, 1.165) is 4.88 Å². The van der Waals surface area contributed by atoms with Crippen LogP contribution in [0.4, 0.5) is 10.2 Å². The first-order valence-electron chi connectivity index (χ1n) is 8.37. The van der Waals surface area contributed by atoms with Crippen molar-refractivity contribution in [3.63, 3.8) is 0 Å². The minimum Gasteiger partial charge on any atom is -0.382 e. The van der Waals surface area contributed by atoms with Crippen molar-refractivity contribution in [2.75, 3.05) is 12.3 Å². The normalized spacial score (nSPS) is 10.6. The van der Waals surface area contributed by atoms with Gasteiger partial charge in [-0.25, -0.2) is 9.07 Å². The maximum atomic E-state index is 13.1. The van der Waals surface area contributed by atoms with E-state index in [9.17, 15) is 14.4 Å². The summed E-state index contributed by atoms with van der Waals surface area (Å²) in [4.78, 5) is 13.8. The van der Waals surface area contributed by atoms with Gasteiger partial charge in [-0.05, 0) is 56.2 Å². The van der Waals surface area contributed by atoms with Gasteiger partial charge in [0.15, 0.2) is 0 Å². The van der Waals surface area contributed by atoms with Crippen molar-refractivity contribution in [1.29, 1.82) is 5.26 Å². The van der Waals surface area contributed by atoms with Gasteiger partial charge in [0.1, 0.15) is 23.3 Å². The number of anilines is 1. The highest BCUT2D eigenvalue weighted by Gasteiger charge is 2.16. The lowest BCUT2D eigenvalue weighted by Crippen LogP contribution is -2.23. The molecule has 0 spiro atoms. The highest BCUT2D eigenvalue weighted by Crippen LogP contribution is 2.21. The number of nitriles is 1. The first-order valence-corrected chi connectivity index (χ1v) is 9.19. The molecule has 0 radical (unpaired) electrons. The summed E-state index contributed by atoms with van der Waals surface area (Å²) in [5.41, 5.74) is 7.47. The standard InChI is InChI=1S/C19H18FN5OS/c1-12-4-9-17(27-12)19(26)23-10-2-3-16-15(11-21)18(22)25(24-16)14-7-5-13(20)6-8-14/h4-9H,2-3,10,22H2,1H3,(H,23,26). The quantitative estimate of drug-likeness (QED) is 0.639. The van der Waals surface area contributed by atoms with Gasteiger partial charge in [-0.15, -0.1) is 11.3 Å². The van der Waals surface area contributed by atoms with Crippen LogP contribution >= 0.6 is 11.3 Å². The topological polar surface area (TPSA) is 96.7 Å². The van der Waals surface area contributed by atoms with Gasteiger partial charge in [-0.3, -0.25) is 4.79 Å². The Morgan fingerprint density at radius 2 is 2.07 bits per heavy atom. The molecule has 1 aromatic carbocycles. The van der Waals surface area contributed by atoms with Crippen molar-refractivity contribution in [2.24, 2.45) is 0 Å². The summed E-state index contributed by atoms with van der Waals surface area (Å²) in [5, 5.41) is 16.6. The summed E-state index contributed by atoms with van der Waals surface area (Å²) >= 11 is 1.45. The number of carbonyl (C=O) groups excluding carboxylic acids is 1. The van der Waals surface area contributed by atoms with Crippen LogP contribution in [0.15, 0.2) is 36.4 Å². The summed E-state index contributed by atoms with van der Waals surface area (Å²) in [6, 6.07) is 11.5. The van der Waals surface area contributed by atoms with Crippen LogP contribution < -0.4 is 11.1 Å². The van der Waals surface area contributed by atoms with E-state index >= 15 is 0 Å². The Kier molecular flexibility index (Phi) is 5.52. The third kappa shape index (κ3) is 4.15. The van der Waals surface area contributed by atoms with Crippen molar-refractivity contribution >= 4 is 23.1 Å². The number of amides is 1. The van der Waals surface area contributed by atoms with Crippen LogP contribution in [0, 0.1) is 24.1 Å². The monoisotopic (exact) mass is 383 g/mol. The lowest BCUT2D eigenvalue weighted by molar-refractivity contribution is 0.0957. The number of nitrogens with one attached hydrogen (secondary N) is 1. The molecule has 0 bridgehead atoms. The van der Waals surface area contributed by atoms with E-state index in [2.05, 4.69) is 16.5 Å². The van der Waals surface area contributed by atoms with E-state index in [4.69, 9.17) is 5.73 Å². The van der Waals surface area contributed by atoms with E-state index in [1.807, 2.05) is 13.0 Å². The molecule has 0 saturated heterocycles. The summed E-state index contributed by atoms with van der Waals surface area (Å²) in [5.74, 6) is -0.246. The number of nitrogen functional groups attached to an aromatic ring is 1. The lowest BCUT2D eigenvalue weighted by Gasteiger charge is -2.03. The number of nitrogens with two attached hydrogens (primary N) is 1. The fraction of sp³-hybridized carbons (Fsp3) is 0.211. The second kappa shape index (κ2) is 8.01. The van der Waals surface area contributed by atoms with E-state index in [-0.39, 0.29) is 17.5 Å². The zero-order valence-electron chi connectivity index (χ0n) is 14.7. The second-order valence-electron chi connectivity index (χ2n) is 5.98. The van der Waals surface area contributed by atoms with Crippen LogP contribution in [0.5, 0.6) is 0 Å². The highest BCUT2D eigenvalue weighted by molar-refractivity contribution is 7.13. The van der Waals surface area contributed by atoms with E-state index < -0.39 is 0 Å². The molecule has 3 aromatic rings. The SMILES string of the molecule is Cc1ccc(C(=O)NCCCc2nn(-c3ccc(F)cc3)c(N)c2C#N)s1. The maximum absolute atomic E-state index is 13.1. The third-order valence-electron chi connectivity index (χ3n) is 4.02. The van der Waals surface area contributed by atoms with Crippen molar-refractivity contribution < 1.29 is 9.18 Å². The molecule has 1 amide bonds. The van der Waals surface area contributed by atoms with Gasteiger partial charge >= 0.3 is 0 Å². The van der Waals surface area contributed by atoms with E-state index in [1.54, 1.807) is 18.2 Å². The predicted molar refractivity (Wildman–Crippen MR) is 102 cm³/mol. The Balaban J connectivity index is 1.65. The van der Waals surface area contributed by atoms with Crippen LogP contribution in [-0.2, 0) is 6.42 Å². The molecule has 0 saturated carbocycles. The molecule has 0 aliphatic carbocycles. The van der Waals surface area contributed by atoms with E-state index in [1.165, 1.54) is 28.2 Å². The molecule has 2 heterocycles. The highest BCUT2D eigenvalue weighted by atomic mass is 32.1. The number of benzene rings is 1. The van der Waals surface area contributed by atoms with Gasteiger partial charge < -0.3 is 11.1 Å². The van der Waals surface area contributed by atoms with Crippen LogP contribution in [0.2, 0.25) is 0 Å². The molecule has 0 aliphatic heterocycles. The fourth-order valence-corrected chi connectivity index (χ4v) is 3.44. The first-order chi connectivity index (χ1) is 13.0. The van der Waals surface area contributed by atoms with Crippen molar-refractivity contribution in [3.8, 4) is 11.8 Å². The van der Waals surface area contributed by atoms with Gasteiger partial charge in [0.2, 0.25) is 0 Å². The molecule has 6 nitrogen and oxygen atoms in total. The van der Waals surface area contributed by atoms with Crippen molar-refractivity contribution in [1.82, 2.24) is 15.1 Å². The van der Waals surface area contributed by atoms with Gasteiger partial charge in [0, 0.05) is 11.4 Å². The Morgan fingerprint density at radius 3 is 2.70 bits per heavy atom.